The van der Waals surface area contributed by atoms with E-state index in [-0.39, 0.29) is 5.91 Å². The number of hydrogen-bond donors (Lipinski definition) is 1. The normalized spacial score (nSPS) is 22.4. The van der Waals surface area contributed by atoms with E-state index in [0.717, 1.165) is 16.9 Å². The molecule has 2 aliphatic rings. The Hall–Kier alpha value is -1.47. The second-order valence-corrected chi connectivity index (χ2v) is 6.01. The molecule has 0 aromatic carbocycles. The average molecular weight is 296 g/mol. The third-order valence-corrected chi connectivity index (χ3v) is 4.67. The van der Waals surface area contributed by atoms with Crippen molar-refractivity contribution in [2.24, 2.45) is 5.73 Å². The Morgan fingerprint density at radius 3 is 3.10 bits per heavy atom. The van der Waals surface area contributed by atoms with Gasteiger partial charge in [0.05, 0.1) is 19.5 Å². The van der Waals surface area contributed by atoms with E-state index in [1.807, 2.05) is 0 Å². The lowest BCUT2D eigenvalue weighted by atomic mass is 10.1. The SMILES string of the molecule is NC(=O)C1CSCCN1C(=O)c1occ2c1CCOC2. The van der Waals surface area contributed by atoms with Crippen molar-refractivity contribution < 1.29 is 18.7 Å². The number of carbonyl (C=O) groups excluding carboxylic acids is 2. The highest BCUT2D eigenvalue weighted by atomic mass is 32.2. The summed E-state index contributed by atoms with van der Waals surface area (Å²) < 4.78 is 10.8. The third kappa shape index (κ3) is 2.31. The molecule has 0 radical (unpaired) electrons. The van der Waals surface area contributed by atoms with E-state index in [0.29, 0.717) is 37.7 Å². The molecule has 1 atom stereocenters. The average Bonchev–Trinajstić information content (AvgIpc) is 2.90. The maximum absolute atomic E-state index is 12.6. The number of nitrogens with two attached hydrogens (primary N) is 1. The van der Waals surface area contributed by atoms with E-state index >= 15 is 0 Å². The lowest BCUT2D eigenvalue weighted by Crippen LogP contribution is -2.52. The molecule has 1 saturated heterocycles. The number of amides is 2. The van der Waals surface area contributed by atoms with Gasteiger partial charge in [0.15, 0.2) is 5.76 Å². The van der Waals surface area contributed by atoms with Crippen LogP contribution in [0.25, 0.3) is 0 Å². The quantitative estimate of drug-likeness (QED) is 0.853. The second-order valence-electron chi connectivity index (χ2n) is 4.86. The van der Waals surface area contributed by atoms with Gasteiger partial charge in [-0.2, -0.15) is 11.8 Å². The number of rotatable bonds is 2. The van der Waals surface area contributed by atoms with Crippen LogP contribution in [0.2, 0.25) is 0 Å². The van der Waals surface area contributed by atoms with E-state index in [9.17, 15) is 9.59 Å². The summed E-state index contributed by atoms with van der Waals surface area (Å²) in [5.74, 6) is 0.988. The van der Waals surface area contributed by atoms with Gasteiger partial charge < -0.3 is 19.8 Å². The summed E-state index contributed by atoms with van der Waals surface area (Å²) in [7, 11) is 0. The molecule has 108 valence electrons. The largest absolute Gasteiger partial charge is 0.458 e. The Kier molecular flexibility index (Phi) is 3.71. The van der Waals surface area contributed by atoms with E-state index in [4.69, 9.17) is 14.9 Å². The van der Waals surface area contributed by atoms with Crippen molar-refractivity contribution in [1.82, 2.24) is 4.90 Å². The van der Waals surface area contributed by atoms with Gasteiger partial charge in [-0.05, 0) is 0 Å². The fourth-order valence-electron chi connectivity index (χ4n) is 2.56. The minimum absolute atomic E-state index is 0.239. The zero-order valence-electron chi connectivity index (χ0n) is 11.0. The summed E-state index contributed by atoms with van der Waals surface area (Å²) >= 11 is 1.63. The summed E-state index contributed by atoms with van der Waals surface area (Å²) in [6.45, 7) is 1.58. The van der Waals surface area contributed by atoms with Crippen LogP contribution in [-0.2, 0) is 22.6 Å². The Morgan fingerprint density at radius 2 is 2.30 bits per heavy atom. The Balaban J connectivity index is 1.87. The highest BCUT2D eigenvalue weighted by Crippen LogP contribution is 2.26. The van der Waals surface area contributed by atoms with Gasteiger partial charge in [-0.25, -0.2) is 0 Å². The lowest BCUT2D eigenvalue weighted by Gasteiger charge is -2.32. The molecule has 3 heterocycles. The molecule has 1 unspecified atom stereocenters. The van der Waals surface area contributed by atoms with Gasteiger partial charge in [0, 0.05) is 35.6 Å². The molecule has 2 amide bonds. The molecule has 1 aromatic rings. The van der Waals surface area contributed by atoms with Gasteiger partial charge in [0.25, 0.3) is 5.91 Å². The molecule has 0 spiro atoms. The van der Waals surface area contributed by atoms with Gasteiger partial charge in [0.1, 0.15) is 6.04 Å². The van der Waals surface area contributed by atoms with E-state index in [1.165, 1.54) is 4.90 Å². The number of ether oxygens (including phenoxy) is 1. The van der Waals surface area contributed by atoms with Gasteiger partial charge in [0.2, 0.25) is 5.91 Å². The van der Waals surface area contributed by atoms with Gasteiger partial charge in [-0.15, -0.1) is 0 Å². The van der Waals surface area contributed by atoms with E-state index in [1.54, 1.807) is 18.0 Å². The molecule has 2 N–H and O–H groups in total. The predicted octanol–water partition coefficient (Wildman–Crippen LogP) is 0.395. The summed E-state index contributed by atoms with van der Waals surface area (Å²) in [6.07, 6.45) is 2.23. The van der Waals surface area contributed by atoms with E-state index in [2.05, 4.69) is 0 Å². The van der Waals surface area contributed by atoms with Crippen molar-refractivity contribution in [2.45, 2.75) is 19.1 Å². The first-order chi connectivity index (χ1) is 9.68. The van der Waals surface area contributed by atoms with Gasteiger partial charge >= 0.3 is 0 Å². The first-order valence-electron chi connectivity index (χ1n) is 6.53. The van der Waals surface area contributed by atoms with Crippen LogP contribution < -0.4 is 5.73 Å². The zero-order valence-corrected chi connectivity index (χ0v) is 11.8. The Morgan fingerprint density at radius 1 is 1.45 bits per heavy atom. The number of nitrogens with zero attached hydrogens (tertiary/aromatic N) is 1. The fraction of sp³-hybridized carbons (Fsp3) is 0.538. The number of hydrogen-bond acceptors (Lipinski definition) is 5. The maximum Gasteiger partial charge on any atom is 0.290 e. The molecule has 6 nitrogen and oxygen atoms in total. The lowest BCUT2D eigenvalue weighted by molar-refractivity contribution is -0.121. The van der Waals surface area contributed by atoms with Gasteiger partial charge in [-0.1, -0.05) is 0 Å². The molecule has 7 heteroatoms. The monoisotopic (exact) mass is 296 g/mol. The molecular formula is C13H16N2O4S. The summed E-state index contributed by atoms with van der Waals surface area (Å²) in [5.41, 5.74) is 7.21. The molecule has 0 aliphatic carbocycles. The topological polar surface area (TPSA) is 85.8 Å². The first kappa shape index (κ1) is 13.5. The van der Waals surface area contributed by atoms with Crippen LogP contribution in [-0.4, -0.2) is 47.4 Å². The van der Waals surface area contributed by atoms with Crippen LogP contribution in [0.4, 0.5) is 0 Å². The molecule has 1 fully saturated rings. The van der Waals surface area contributed by atoms with Crippen LogP contribution in [0, 0.1) is 0 Å². The van der Waals surface area contributed by atoms with Crippen molar-refractivity contribution >= 4 is 23.6 Å². The Labute approximate surface area is 120 Å². The first-order valence-corrected chi connectivity index (χ1v) is 7.69. The van der Waals surface area contributed by atoms with Crippen LogP contribution in [0.3, 0.4) is 0 Å². The van der Waals surface area contributed by atoms with Crippen LogP contribution in [0.15, 0.2) is 10.7 Å². The number of thioether (sulfide) groups is 1. The zero-order chi connectivity index (χ0) is 14.1. The fourth-order valence-corrected chi connectivity index (χ4v) is 3.62. The Bertz CT molecular complexity index is 542. The molecular weight excluding hydrogens is 280 g/mol. The van der Waals surface area contributed by atoms with Crippen LogP contribution in [0.1, 0.15) is 21.7 Å². The predicted molar refractivity (Wildman–Crippen MR) is 73.4 cm³/mol. The highest BCUT2D eigenvalue weighted by Gasteiger charge is 2.35. The van der Waals surface area contributed by atoms with Crippen LogP contribution >= 0.6 is 11.8 Å². The molecule has 3 rings (SSSR count). The van der Waals surface area contributed by atoms with Crippen molar-refractivity contribution in [3.8, 4) is 0 Å². The van der Waals surface area contributed by atoms with E-state index < -0.39 is 11.9 Å². The number of furan rings is 1. The van der Waals surface area contributed by atoms with Crippen LogP contribution in [0.5, 0.6) is 0 Å². The minimum atomic E-state index is -0.554. The highest BCUT2D eigenvalue weighted by molar-refractivity contribution is 7.99. The molecule has 0 bridgehead atoms. The summed E-state index contributed by atoms with van der Waals surface area (Å²) in [5, 5.41) is 0. The molecule has 0 saturated carbocycles. The van der Waals surface area contributed by atoms with Crippen molar-refractivity contribution in [3.05, 3.63) is 23.2 Å². The molecule has 20 heavy (non-hydrogen) atoms. The molecule has 2 aliphatic heterocycles. The standard InChI is InChI=1S/C13H16N2O4S/c14-12(16)10-7-20-4-2-15(10)13(17)11-9-1-3-18-5-8(9)6-19-11/h6,10H,1-5,7H2,(H2,14,16). The minimum Gasteiger partial charge on any atom is -0.458 e. The second kappa shape index (κ2) is 5.49. The number of carbonyl (C=O) groups is 2. The van der Waals surface area contributed by atoms with Crippen molar-refractivity contribution in [3.63, 3.8) is 0 Å². The number of fused-ring (bicyclic) bond motifs is 1. The maximum atomic E-state index is 12.6. The number of primary amides is 1. The van der Waals surface area contributed by atoms with Crippen molar-refractivity contribution in [1.29, 1.82) is 0 Å². The van der Waals surface area contributed by atoms with Crippen molar-refractivity contribution in [2.75, 3.05) is 24.7 Å². The van der Waals surface area contributed by atoms with Gasteiger partial charge in [-0.3, -0.25) is 9.59 Å². The third-order valence-electron chi connectivity index (χ3n) is 3.65. The summed E-state index contributed by atoms with van der Waals surface area (Å²) in [6, 6.07) is -0.554. The molecule has 1 aromatic heterocycles. The smallest absolute Gasteiger partial charge is 0.290 e. The summed E-state index contributed by atoms with van der Waals surface area (Å²) in [4.78, 5) is 25.6.